The Bertz CT molecular complexity index is 884. The van der Waals surface area contributed by atoms with Crippen molar-refractivity contribution >= 4 is 17.7 Å². The first-order chi connectivity index (χ1) is 15.0. The molecule has 1 aliphatic rings. The first-order valence-electron chi connectivity index (χ1n) is 11.5. The lowest BCUT2D eigenvalue weighted by molar-refractivity contribution is -0.130. The van der Waals surface area contributed by atoms with Gasteiger partial charge in [0.1, 0.15) is 22.9 Å². The van der Waals surface area contributed by atoms with Gasteiger partial charge in [-0.2, -0.15) is 0 Å². The fourth-order valence-electron chi connectivity index (χ4n) is 4.03. The van der Waals surface area contributed by atoms with Gasteiger partial charge in [-0.05, 0) is 68.2 Å². The lowest BCUT2D eigenvalue weighted by atomic mass is 9.88. The molecule has 1 heterocycles. The number of amidine groups is 1. The van der Waals surface area contributed by atoms with Crippen molar-refractivity contribution in [3.63, 3.8) is 0 Å². The summed E-state index contributed by atoms with van der Waals surface area (Å²) in [6, 6.07) is 6.92. The van der Waals surface area contributed by atoms with Crippen LogP contribution in [0.25, 0.3) is 0 Å². The zero-order valence-electron chi connectivity index (χ0n) is 20.7. The van der Waals surface area contributed by atoms with Crippen molar-refractivity contribution in [3.8, 4) is 11.5 Å². The van der Waals surface area contributed by atoms with Crippen LogP contribution in [-0.4, -0.2) is 30.4 Å². The van der Waals surface area contributed by atoms with E-state index < -0.39 is 11.5 Å². The van der Waals surface area contributed by atoms with Crippen molar-refractivity contribution in [2.75, 3.05) is 7.11 Å². The molecule has 0 radical (unpaired) electrons. The Morgan fingerprint density at radius 2 is 1.66 bits per heavy atom. The maximum atomic E-state index is 13.4. The van der Waals surface area contributed by atoms with E-state index in [0.29, 0.717) is 41.7 Å². The second-order valence-electron chi connectivity index (χ2n) is 9.65. The highest BCUT2D eigenvalue weighted by Gasteiger charge is 2.41. The van der Waals surface area contributed by atoms with Crippen molar-refractivity contribution in [1.82, 2.24) is 5.32 Å². The molecule has 0 spiro atoms. The lowest BCUT2D eigenvalue weighted by Gasteiger charge is -2.21. The number of nitrogens with zero attached hydrogens (tertiary/aromatic N) is 1. The van der Waals surface area contributed by atoms with E-state index in [1.807, 2.05) is 6.92 Å². The van der Waals surface area contributed by atoms with Gasteiger partial charge in [0.25, 0.3) is 5.91 Å². The van der Waals surface area contributed by atoms with Crippen LogP contribution in [0, 0.1) is 17.8 Å². The summed E-state index contributed by atoms with van der Waals surface area (Å²) in [5, 5.41) is 2.98. The van der Waals surface area contributed by atoms with E-state index in [9.17, 15) is 9.59 Å². The molecule has 32 heavy (non-hydrogen) atoms. The van der Waals surface area contributed by atoms with Crippen LogP contribution in [0.5, 0.6) is 11.5 Å². The third kappa shape index (κ3) is 6.21. The minimum absolute atomic E-state index is 0.0348. The third-order valence-corrected chi connectivity index (χ3v) is 5.70. The number of methoxy groups -OCH3 is 1. The average Bonchev–Trinajstić information content (AvgIpc) is 3.00. The quantitative estimate of drug-likeness (QED) is 0.302. The standard InChI is InChI=1S/C26H38N2O4/c1-9-18(6)22(23-27-25(30)26(7,28-23)15-17(4)5)21(14-16(2)3)24(29)32-20-12-10-19(31-8)11-13-20/h10-13,16-18H,9,14-15H2,1-8H3,(H,27,28,30)/b22-21-. The van der Waals surface area contributed by atoms with Crippen LogP contribution in [0.4, 0.5) is 0 Å². The summed E-state index contributed by atoms with van der Waals surface area (Å²) in [5.74, 6) is 1.70. The predicted molar refractivity (Wildman–Crippen MR) is 128 cm³/mol. The topological polar surface area (TPSA) is 77.0 Å². The minimum Gasteiger partial charge on any atom is -0.497 e. The molecule has 0 saturated carbocycles. The van der Waals surface area contributed by atoms with Gasteiger partial charge in [-0.3, -0.25) is 9.79 Å². The number of carbonyl (C=O) groups is 2. The molecule has 1 aromatic rings. The van der Waals surface area contributed by atoms with E-state index in [1.54, 1.807) is 31.4 Å². The van der Waals surface area contributed by atoms with Crippen LogP contribution in [0.2, 0.25) is 0 Å². The Morgan fingerprint density at radius 3 is 2.16 bits per heavy atom. The molecule has 1 aliphatic heterocycles. The molecule has 2 rings (SSSR count). The average molecular weight is 443 g/mol. The number of aliphatic imine (C=N–C) groups is 1. The fourth-order valence-corrected chi connectivity index (χ4v) is 4.03. The maximum absolute atomic E-state index is 13.4. The minimum atomic E-state index is -0.828. The molecular formula is C26H38N2O4. The summed E-state index contributed by atoms with van der Waals surface area (Å²) in [6.07, 6.45) is 1.99. The highest BCUT2D eigenvalue weighted by molar-refractivity contribution is 6.17. The summed E-state index contributed by atoms with van der Waals surface area (Å²) in [5.41, 5.74) is 0.518. The lowest BCUT2D eigenvalue weighted by Crippen LogP contribution is -2.39. The van der Waals surface area contributed by atoms with Crippen LogP contribution in [0.15, 0.2) is 40.4 Å². The summed E-state index contributed by atoms with van der Waals surface area (Å²) in [6.45, 7) is 14.3. The number of amides is 1. The summed E-state index contributed by atoms with van der Waals surface area (Å²) in [4.78, 5) is 31.0. The van der Waals surface area contributed by atoms with Crippen molar-refractivity contribution in [2.24, 2.45) is 22.7 Å². The highest BCUT2D eigenvalue weighted by atomic mass is 16.5. The Kier molecular flexibility index (Phi) is 8.65. The Labute approximate surface area is 192 Å². The molecule has 1 N–H and O–H groups in total. The summed E-state index contributed by atoms with van der Waals surface area (Å²) in [7, 11) is 1.59. The SMILES string of the molecule is CCC(C)/C(C1=NC(C)(CC(C)C)C(=O)N1)=C(\CC(C)C)C(=O)Oc1ccc(OC)cc1. The number of rotatable bonds is 10. The maximum Gasteiger partial charge on any atom is 0.339 e. The Hall–Kier alpha value is -2.63. The number of esters is 1. The van der Waals surface area contributed by atoms with Crippen LogP contribution in [-0.2, 0) is 9.59 Å². The first kappa shape index (κ1) is 25.6. The van der Waals surface area contributed by atoms with Gasteiger partial charge in [-0.15, -0.1) is 0 Å². The fraction of sp³-hybridized carbons (Fsp3) is 0.577. The van der Waals surface area contributed by atoms with Crippen molar-refractivity contribution in [2.45, 2.75) is 73.3 Å². The second kappa shape index (κ2) is 10.8. The van der Waals surface area contributed by atoms with Gasteiger partial charge < -0.3 is 14.8 Å². The van der Waals surface area contributed by atoms with E-state index in [1.165, 1.54) is 0 Å². The molecule has 0 bridgehead atoms. The third-order valence-electron chi connectivity index (χ3n) is 5.70. The number of benzene rings is 1. The molecular weight excluding hydrogens is 404 g/mol. The molecule has 0 saturated heterocycles. The molecule has 0 aliphatic carbocycles. The molecule has 0 aromatic heterocycles. The predicted octanol–water partition coefficient (Wildman–Crippen LogP) is 5.32. The number of nitrogens with one attached hydrogen (secondary N) is 1. The molecule has 6 nitrogen and oxygen atoms in total. The van der Waals surface area contributed by atoms with Crippen LogP contribution in [0.1, 0.15) is 67.7 Å². The van der Waals surface area contributed by atoms with E-state index in [2.05, 4.69) is 46.9 Å². The van der Waals surface area contributed by atoms with Gasteiger partial charge in [0.2, 0.25) is 0 Å². The number of hydrogen-bond acceptors (Lipinski definition) is 5. The molecule has 2 atom stereocenters. The zero-order chi connectivity index (χ0) is 24.1. The number of hydrogen-bond donors (Lipinski definition) is 1. The normalized spacial score (nSPS) is 20.1. The van der Waals surface area contributed by atoms with Crippen LogP contribution >= 0.6 is 0 Å². The molecule has 176 valence electrons. The highest BCUT2D eigenvalue weighted by Crippen LogP contribution is 2.32. The van der Waals surface area contributed by atoms with Crippen molar-refractivity contribution in [3.05, 3.63) is 35.4 Å². The molecule has 1 aromatic carbocycles. The first-order valence-corrected chi connectivity index (χ1v) is 11.5. The van der Waals surface area contributed by atoms with Gasteiger partial charge in [0.15, 0.2) is 0 Å². The van der Waals surface area contributed by atoms with Crippen LogP contribution in [0.3, 0.4) is 0 Å². The molecule has 6 heteroatoms. The van der Waals surface area contributed by atoms with Gasteiger partial charge in [-0.25, -0.2) is 4.79 Å². The number of ether oxygens (including phenoxy) is 2. The van der Waals surface area contributed by atoms with E-state index >= 15 is 0 Å². The van der Waals surface area contributed by atoms with Gasteiger partial charge in [0, 0.05) is 11.1 Å². The van der Waals surface area contributed by atoms with E-state index in [4.69, 9.17) is 14.5 Å². The van der Waals surface area contributed by atoms with Crippen LogP contribution < -0.4 is 14.8 Å². The smallest absolute Gasteiger partial charge is 0.339 e. The Balaban J connectivity index is 2.53. The number of carbonyl (C=O) groups excluding carboxylic acids is 2. The molecule has 2 unspecified atom stereocenters. The van der Waals surface area contributed by atoms with E-state index in [-0.39, 0.29) is 17.7 Å². The van der Waals surface area contributed by atoms with E-state index in [0.717, 1.165) is 12.0 Å². The second-order valence-corrected chi connectivity index (χ2v) is 9.65. The zero-order valence-corrected chi connectivity index (χ0v) is 20.7. The molecule has 0 fully saturated rings. The van der Waals surface area contributed by atoms with Gasteiger partial charge in [-0.1, -0.05) is 41.5 Å². The summed E-state index contributed by atoms with van der Waals surface area (Å²) < 4.78 is 10.9. The largest absolute Gasteiger partial charge is 0.497 e. The van der Waals surface area contributed by atoms with Gasteiger partial charge >= 0.3 is 5.97 Å². The van der Waals surface area contributed by atoms with Crippen molar-refractivity contribution in [1.29, 1.82) is 0 Å². The molecule has 1 amide bonds. The van der Waals surface area contributed by atoms with Gasteiger partial charge in [0.05, 0.1) is 7.11 Å². The summed E-state index contributed by atoms with van der Waals surface area (Å²) >= 11 is 0. The van der Waals surface area contributed by atoms with Crippen molar-refractivity contribution < 1.29 is 19.1 Å². The monoisotopic (exact) mass is 442 g/mol. The Morgan fingerprint density at radius 1 is 1.06 bits per heavy atom.